The standard InChI is InChI=1S/C12H11F3N4O/c1-7-10(6-17-19-7)11(16)18-8-2-4-9(5-3-8)20-12(13,14)15/h2-6H,1H3,(H2,16,18)(H,17,19). The van der Waals surface area contributed by atoms with Gasteiger partial charge in [-0.05, 0) is 31.2 Å². The summed E-state index contributed by atoms with van der Waals surface area (Å²) in [4.78, 5) is 4.10. The number of aliphatic imine (C=N–C) groups is 1. The summed E-state index contributed by atoms with van der Waals surface area (Å²) in [7, 11) is 0. The Balaban J connectivity index is 2.17. The van der Waals surface area contributed by atoms with E-state index < -0.39 is 6.36 Å². The summed E-state index contributed by atoms with van der Waals surface area (Å²) in [5, 5.41) is 6.52. The van der Waals surface area contributed by atoms with Crippen molar-refractivity contribution in [2.45, 2.75) is 13.3 Å². The van der Waals surface area contributed by atoms with Crippen molar-refractivity contribution in [3.63, 3.8) is 0 Å². The van der Waals surface area contributed by atoms with Gasteiger partial charge in [0.05, 0.1) is 17.4 Å². The normalized spacial score (nSPS) is 12.5. The Labute approximate surface area is 112 Å². The molecule has 2 aromatic rings. The second kappa shape index (κ2) is 5.24. The number of aromatic nitrogens is 2. The van der Waals surface area contributed by atoms with Crippen LogP contribution in [0, 0.1) is 6.92 Å². The molecule has 0 bridgehead atoms. The van der Waals surface area contributed by atoms with Gasteiger partial charge in [0.2, 0.25) is 0 Å². The second-order valence-corrected chi connectivity index (χ2v) is 3.95. The molecule has 0 unspecified atom stereocenters. The van der Waals surface area contributed by atoms with E-state index >= 15 is 0 Å². The number of H-pyrrole nitrogens is 1. The zero-order valence-electron chi connectivity index (χ0n) is 10.4. The number of nitrogens with two attached hydrogens (primary N) is 1. The SMILES string of the molecule is Cc1[nH]ncc1C(N)=Nc1ccc(OC(F)(F)F)cc1. The molecule has 8 heteroatoms. The van der Waals surface area contributed by atoms with Crippen LogP contribution in [0.15, 0.2) is 35.5 Å². The van der Waals surface area contributed by atoms with Gasteiger partial charge in [-0.1, -0.05) is 0 Å². The van der Waals surface area contributed by atoms with Crippen molar-refractivity contribution < 1.29 is 17.9 Å². The highest BCUT2D eigenvalue weighted by molar-refractivity contribution is 5.99. The van der Waals surface area contributed by atoms with Crippen LogP contribution in [-0.4, -0.2) is 22.4 Å². The van der Waals surface area contributed by atoms with Crippen LogP contribution in [0.4, 0.5) is 18.9 Å². The first-order valence-corrected chi connectivity index (χ1v) is 5.55. The number of nitrogens with one attached hydrogen (secondary N) is 1. The number of nitrogens with zero attached hydrogens (tertiary/aromatic N) is 2. The smallest absolute Gasteiger partial charge is 0.406 e. The second-order valence-electron chi connectivity index (χ2n) is 3.95. The topological polar surface area (TPSA) is 76.3 Å². The lowest BCUT2D eigenvalue weighted by Gasteiger charge is -2.08. The molecule has 1 aromatic carbocycles. The average Bonchev–Trinajstić information content (AvgIpc) is 2.76. The third-order valence-electron chi connectivity index (χ3n) is 2.43. The molecular formula is C12H11F3N4O. The van der Waals surface area contributed by atoms with Gasteiger partial charge in [0.15, 0.2) is 0 Å². The van der Waals surface area contributed by atoms with E-state index in [-0.39, 0.29) is 11.6 Å². The quantitative estimate of drug-likeness (QED) is 0.672. The summed E-state index contributed by atoms with van der Waals surface area (Å²) in [5.41, 5.74) is 7.60. The highest BCUT2D eigenvalue weighted by Gasteiger charge is 2.30. The highest BCUT2D eigenvalue weighted by Crippen LogP contribution is 2.25. The van der Waals surface area contributed by atoms with Crippen LogP contribution in [0.5, 0.6) is 5.75 Å². The number of halogens is 3. The summed E-state index contributed by atoms with van der Waals surface area (Å²) in [6, 6.07) is 5.09. The minimum atomic E-state index is -4.71. The number of aromatic amines is 1. The number of ether oxygens (including phenoxy) is 1. The van der Waals surface area contributed by atoms with Gasteiger partial charge in [-0.25, -0.2) is 4.99 Å². The van der Waals surface area contributed by atoms with Gasteiger partial charge in [-0.3, -0.25) is 5.10 Å². The largest absolute Gasteiger partial charge is 0.573 e. The van der Waals surface area contributed by atoms with Gasteiger partial charge in [-0.15, -0.1) is 13.2 Å². The van der Waals surface area contributed by atoms with Gasteiger partial charge >= 0.3 is 6.36 Å². The van der Waals surface area contributed by atoms with Crippen LogP contribution in [-0.2, 0) is 0 Å². The molecule has 3 N–H and O–H groups in total. The van der Waals surface area contributed by atoms with E-state index in [0.29, 0.717) is 11.3 Å². The predicted octanol–water partition coefficient (Wildman–Crippen LogP) is 2.65. The Hall–Kier alpha value is -2.51. The molecule has 0 spiro atoms. The molecule has 0 atom stereocenters. The van der Waals surface area contributed by atoms with Crippen molar-refractivity contribution in [3.05, 3.63) is 41.7 Å². The third kappa shape index (κ3) is 3.50. The van der Waals surface area contributed by atoms with Crippen LogP contribution < -0.4 is 10.5 Å². The van der Waals surface area contributed by atoms with Crippen molar-refractivity contribution >= 4 is 11.5 Å². The highest BCUT2D eigenvalue weighted by atomic mass is 19.4. The zero-order valence-corrected chi connectivity index (χ0v) is 10.4. The third-order valence-corrected chi connectivity index (χ3v) is 2.43. The van der Waals surface area contributed by atoms with Crippen molar-refractivity contribution in [3.8, 4) is 5.75 Å². The summed E-state index contributed by atoms with van der Waals surface area (Å²) in [6.45, 7) is 1.78. The maximum Gasteiger partial charge on any atom is 0.573 e. The van der Waals surface area contributed by atoms with Gasteiger partial charge in [0, 0.05) is 5.69 Å². The molecule has 0 saturated carbocycles. The van der Waals surface area contributed by atoms with E-state index in [1.165, 1.54) is 30.5 Å². The first-order valence-electron chi connectivity index (χ1n) is 5.55. The van der Waals surface area contributed by atoms with Crippen LogP contribution >= 0.6 is 0 Å². The van der Waals surface area contributed by atoms with E-state index in [2.05, 4.69) is 19.9 Å². The zero-order chi connectivity index (χ0) is 14.8. The molecule has 0 aliphatic carbocycles. The first-order chi connectivity index (χ1) is 9.35. The number of alkyl halides is 3. The number of benzene rings is 1. The lowest BCUT2D eigenvalue weighted by Crippen LogP contribution is -2.17. The molecule has 0 aliphatic heterocycles. The fourth-order valence-corrected chi connectivity index (χ4v) is 1.53. The van der Waals surface area contributed by atoms with Gasteiger partial charge in [-0.2, -0.15) is 5.10 Å². The van der Waals surface area contributed by atoms with E-state index in [9.17, 15) is 13.2 Å². The Bertz CT molecular complexity index is 616. The maximum absolute atomic E-state index is 12.0. The molecule has 0 aliphatic rings. The molecule has 1 heterocycles. The maximum atomic E-state index is 12.0. The van der Waals surface area contributed by atoms with Crippen LogP contribution in [0.1, 0.15) is 11.3 Å². The van der Waals surface area contributed by atoms with Crippen molar-refractivity contribution in [1.82, 2.24) is 10.2 Å². The first kappa shape index (κ1) is 13.9. The van der Waals surface area contributed by atoms with E-state index in [1.54, 1.807) is 6.92 Å². The summed E-state index contributed by atoms with van der Waals surface area (Å²) < 4.78 is 39.8. The molecule has 0 amide bonds. The molecule has 0 fully saturated rings. The minimum Gasteiger partial charge on any atom is -0.406 e. The minimum absolute atomic E-state index is 0.223. The fourth-order valence-electron chi connectivity index (χ4n) is 1.53. The lowest BCUT2D eigenvalue weighted by molar-refractivity contribution is -0.274. The summed E-state index contributed by atoms with van der Waals surface area (Å²) in [6.07, 6.45) is -3.19. The number of hydrogen-bond acceptors (Lipinski definition) is 3. The van der Waals surface area contributed by atoms with Crippen molar-refractivity contribution in [2.75, 3.05) is 0 Å². The predicted molar refractivity (Wildman–Crippen MR) is 66.8 cm³/mol. The summed E-state index contributed by atoms with van der Waals surface area (Å²) >= 11 is 0. The van der Waals surface area contributed by atoms with Crippen LogP contribution in [0.2, 0.25) is 0 Å². The Kier molecular flexibility index (Phi) is 3.64. The average molecular weight is 284 g/mol. The molecule has 0 radical (unpaired) electrons. The van der Waals surface area contributed by atoms with Crippen LogP contribution in [0.3, 0.4) is 0 Å². The molecule has 20 heavy (non-hydrogen) atoms. The monoisotopic (exact) mass is 284 g/mol. The van der Waals surface area contributed by atoms with Crippen LogP contribution in [0.25, 0.3) is 0 Å². The Morgan fingerprint density at radius 1 is 1.30 bits per heavy atom. The molecule has 106 valence electrons. The number of hydrogen-bond donors (Lipinski definition) is 2. The van der Waals surface area contributed by atoms with E-state index in [1.807, 2.05) is 0 Å². The van der Waals surface area contributed by atoms with E-state index in [0.717, 1.165) is 5.69 Å². The molecule has 0 saturated heterocycles. The number of aryl methyl sites for hydroxylation is 1. The van der Waals surface area contributed by atoms with Crippen molar-refractivity contribution in [1.29, 1.82) is 0 Å². The summed E-state index contributed by atoms with van der Waals surface area (Å²) in [5.74, 6) is -0.0877. The number of rotatable bonds is 3. The van der Waals surface area contributed by atoms with E-state index in [4.69, 9.17) is 5.73 Å². The molecule has 2 rings (SSSR count). The Morgan fingerprint density at radius 3 is 2.45 bits per heavy atom. The fraction of sp³-hybridized carbons (Fsp3) is 0.167. The van der Waals surface area contributed by atoms with Gasteiger partial charge in [0.1, 0.15) is 11.6 Å². The Morgan fingerprint density at radius 2 is 1.95 bits per heavy atom. The molecular weight excluding hydrogens is 273 g/mol. The lowest BCUT2D eigenvalue weighted by atomic mass is 10.2. The van der Waals surface area contributed by atoms with Gasteiger partial charge in [0.25, 0.3) is 0 Å². The molecule has 1 aromatic heterocycles. The van der Waals surface area contributed by atoms with Gasteiger partial charge < -0.3 is 10.5 Å². The molecule has 5 nitrogen and oxygen atoms in total. The number of amidine groups is 1. The van der Waals surface area contributed by atoms with Crippen molar-refractivity contribution in [2.24, 2.45) is 10.7 Å².